The zero-order valence-corrected chi connectivity index (χ0v) is 11.5. The van der Waals surface area contributed by atoms with Gasteiger partial charge in [-0.15, -0.1) is 0 Å². The molecule has 4 nitrogen and oxygen atoms in total. The van der Waals surface area contributed by atoms with Crippen molar-refractivity contribution in [3.63, 3.8) is 0 Å². The fourth-order valence-corrected chi connectivity index (χ4v) is 2.23. The first kappa shape index (κ1) is 14.6. The first-order valence-electron chi connectivity index (χ1n) is 5.82. The molecule has 1 N–H and O–H groups in total. The largest absolute Gasteiger partial charge is 0.433 e. The van der Waals surface area contributed by atoms with E-state index in [9.17, 15) is 4.79 Å². The van der Waals surface area contributed by atoms with Crippen molar-refractivity contribution in [3.8, 4) is 0 Å². The highest BCUT2D eigenvalue weighted by Gasteiger charge is 2.01. The van der Waals surface area contributed by atoms with Gasteiger partial charge in [0.25, 0.3) is 0 Å². The van der Waals surface area contributed by atoms with Crippen LogP contribution in [0.3, 0.4) is 0 Å². The summed E-state index contributed by atoms with van der Waals surface area (Å²) in [5.41, 5.74) is 2.16. The monoisotopic (exact) mass is 266 g/mol. The van der Waals surface area contributed by atoms with Crippen molar-refractivity contribution in [1.29, 1.82) is 0 Å². The second-order valence-corrected chi connectivity index (χ2v) is 4.60. The van der Waals surface area contributed by atoms with Crippen LogP contribution >= 0.6 is 11.8 Å². The van der Waals surface area contributed by atoms with Gasteiger partial charge in [0.1, 0.15) is 0 Å². The molecule has 18 heavy (non-hydrogen) atoms. The maximum Gasteiger partial charge on any atom is 0.433 e. The van der Waals surface area contributed by atoms with Gasteiger partial charge in [-0.3, -0.25) is 4.84 Å². The molecule has 0 aromatic heterocycles. The highest BCUT2D eigenvalue weighted by atomic mass is 32.2. The quantitative estimate of drug-likeness (QED) is 0.489. The maximum atomic E-state index is 10.9. The van der Waals surface area contributed by atoms with Crippen molar-refractivity contribution >= 4 is 23.6 Å². The number of amides is 1. The smallest absolute Gasteiger partial charge is 0.323 e. The molecule has 0 aliphatic carbocycles. The van der Waals surface area contributed by atoms with Crippen LogP contribution in [0.2, 0.25) is 0 Å². The van der Waals surface area contributed by atoms with E-state index in [0.29, 0.717) is 0 Å². The number of nitrogens with zero attached hydrogens (tertiary/aromatic N) is 1. The topological polar surface area (TPSA) is 50.7 Å². The summed E-state index contributed by atoms with van der Waals surface area (Å²) in [6.45, 7) is 2.00. The minimum absolute atomic E-state index is 0.533. The van der Waals surface area contributed by atoms with Crippen LogP contribution < -0.4 is 5.32 Å². The number of carbonyl (C=O) groups excluding carboxylic acids is 1. The highest BCUT2D eigenvalue weighted by Crippen LogP contribution is 2.12. The zero-order chi connectivity index (χ0) is 13.2. The van der Waals surface area contributed by atoms with Crippen LogP contribution in [-0.4, -0.2) is 24.6 Å². The van der Waals surface area contributed by atoms with E-state index >= 15 is 0 Å². The number of nitrogens with one attached hydrogen (secondary N) is 1. The van der Waals surface area contributed by atoms with Gasteiger partial charge in [0.15, 0.2) is 0 Å². The van der Waals surface area contributed by atoms with Crippen LogP contribution in [0.1, 0.15) is 18.9 Å². The number of rotatable bonds is 6. The lowest BCUT2D eigenvalue weighted by atomic mass is 10.2. The van der Waals surface area contributed by atoms with Crippen molar-refractivity contribution in [2.45, 2.75) is 19.1 Å². The molecule has 98 valence electrons. The number of hydrogen-bond donors (Lipinski definition) is 1. The number of benzene rings is 1. The number of oxime groups is 1. The fourth-order valence-electron chi connectivity index (χ4n) is 1.21. The van der Waals surface area contributed by atoms with Gasteiger partial charge < -0.3 is 5.32 Å². The van der Waals surface area contributed by atoms with Gasteiger partial charge in [-0.1, -0.05) is 42.4 Å². The van der Waals surface area contributed by atoms with Crippen molar-refractivity contribution in [2.24, 2.45) is 5.16 Å². The molecule has 0 heterocycles. The summed E-state index contributed by atoms with van der Waals surface area (Å²) in [4.78, 5) is 15.6. The van der Waals surface area contributed by atoms with Crippen molar-refractivity contribution in [1.82, 2.24) is 5.32 Å². The summed E-state index contributed by atoms with van der Waals surface area (Å²) in [6, 6.07) is 10.2. The lowest BCUT2D eigenvalue weighted by Gasteiger charge is -2.04. The Labute approximate surface area is 112 Å². The van der Waals surface area contributed by atoms with E-state index in [4.69, 9.17) is 0 Å². The average Bonchev–Trinajstić information content (AvgIpc) is 2.43. The Morgan fingerprint density at radius 1 is 1.39 bits per heavy atom. The molecule has 0 radical (unpaired) electrons. The molecule has 1 aromatic rings. The van der Waals surface area contributed by atoms with Gasteiger partial charge >= 0.3 is 6.09 Å². The van der Waals surface area contributed by atoms with E-state index in [1.165, 1.54) is 12.6 Å². The van der Waals surface area contributed by atoms with Crippen LogP contribution in [0.15, 0.2) is 35.5 Å². The standard InChI is InChI=1S/C13H18N2O2S/c1-3-12(15-17-13(16)14-2)10-18-9-11-7-5-4-6-8-11/h4-8H,3,9-10H2,1-2H3,(H,14,16). The summed E-state index contributed by atoms with van der Waals surface area (Å²) in [6.07, 6.45) is 0.243. The third kappa shape index (κ3) is 5.72. The Bertz CT molecular complexity index is 393. The molecule has 0 spiro atoms. The molecule has 1 amide bonds. The normalized spacial score (nSPS) is 11.1. The molecule has 1 rings (SSSR count). The van der Waals surface area contributed by atoms with Crippen LogP contribution in [-0.2, 0) is 10.6 Å². The second-order valence-electron chi connectivity index (χ2n) is 3.62. The molecule has 1 aromatic carbocycles. The third-order valence-corrected chi connectivity index (χ3v) is 3.32. The molecule has 0 aliphatic rings. The summed E-state index contributed by atoms with van der Waals surface area (Å²) >= 11 is 1.76. The summed E-state index contributed by atoms with van der Waals surface area (Å²) in [5.74, 6) is 1.70. The number of thioether (sulfide) groups is 1. The molecule has 0 fully saturated rings. The van der Waals surface area contributed by atoms with Crippen molar-refractivity contribution in [3.05, 3.63) is 35.9 Å². The molecule has 0 saturated carbocycles. The van der Waals surface area contributed by atoms with Crippen LogP contribution in [0.5, 0.6) is 0 Å². The van der Waals surface area contributed by atoms with E-state index in [0.717, 1.165) is 23.6 Å². The predicted molar refractivity (Wildman–Crippen MR) is 75.9 cm³/mol. The predicted octanol–water partition coefficient (Wildman–Crippen LogP) is 3.04. The van der Waals surface area contributed by atoms with E-state index in [2.05, 4.69) is 27.4 Å². The maximum absolute atomic E-state index is 10.9. The summed E-state index contributed by atoms with van der Waals surface area (Å²) in [5, 5.41) is 6.18. The van der Waals surface area contributed by atoms with E-state index in [-0.39, 0.29) is 0 Å². The fraction of sp³-hybridized carbons (Fsp3) is 0.385. The van der Waals surface area contributed by atoms with Gasteiger partial charge in [-0.2, -0.15) is 11.8 Å². The number of hydrogen-bond acceptors (Lipinski definition) is 4. The Hall–Kier alpha value is -1.49. The Balaban J connectivity index is 2.33. The average molecular weight is 266 g/mol. The van der Waals surface area contributed by atoms with E-state index in [1.807, 2.05) is 25.1 Å². The van der Waals surface area contributed by atoms with Gasteiger partial charge in [-0.25, -0.2) is 4.79 Å². The SMILES string of the molecule is CCC(CSCc1ccccc1)=NOC(=O)NC. The van der Waals surface area contributed by atoms with E-state index < -0.39 is 6.09 Å². The Kier molecular flexibility index (Phi) is 6.94. The third-order valence-electron chi connectivity index (χ3n) is 2.25. The Morgan fingerprint density at radius 2 is 2.11 bits per heavy atom. The molecular formula is C13H18N2O2S. The second kappa shape index (κ2) is 8.58. The molecular weight excluding hydrogens is 248 g/mol. The van der Waals surface area contributed by atoms with Gasteiger partial charge in [-0.05, 0) is 12.0 Å². The Morgan fingerprint density at radius 3 is 2.72 bits per heavy atom. The first-order valence-corrected chi connectivity index (χ1v) is 6.97. The van der Waals surface area contributed by atoms with Gasteiger partial charge in [0.05, 0.1) is 5.71 Å². The van der Waals surface area contributed by atoms with Crippen LogP contribution in [0.4, 0.5) is 4.79 Å². The van der Waals surface area contributed by atoms with Crippen molar-refractivity contribution in [2.75, 3.05) is 12.8 Å². The first-order chi connectivity index (χ1) is 8.76. The molecule has 0 unspecified atom stereocenters. The molecule has 0 atom stereocenters. The van der Waals surface area contributed by atoms with Crippen molar-refractivity contribution < 1.29 is 9.63 Å². The minimum atomic E-state index is -0.533. The molecule has 0 saturated heterocycles. The van der Waals surface area contributed by atoms with Crippen LogP contribution in [0, 0.1) is 0 Å². The van der Waals surface area contributed by atoms with E-state index in [1.54, 1.807) is 11.8 Å². The minimum Gasteiger partial charge on any atom is -0.323 e. The summed E-state index contributed by atoms with van der Waals surface area (Å²) < 4.78 is 0. The number of carbonyl (C=O) groups is 1. The highest BCUT2D eigenvalue weighted by molar-refractivity contribution is 7.99. The zero-order valence-electron chi connectivity index (χ0n) is 10.7. The lowest BCUT2D eigenvalue weighted by Crippen LogP contribution is -2.17. The van der Waals surface area contributed by atoms with Crippen LogP contribution in [0.25, 0.3) is 0 Å². The van der Waals surface area contributed by atoms with Gasteiger partial charge in [0.2, 0.25) is 0 Å². The van der Waals surface area contributed by atoms with Gasteiger partial charge in [0, 0.05) is 18.6 Å². The lowest BCUT2D eigenvalue weighted by molar-refractivity contribution is 0.153. The molecule has 0 aliphatic heterocycles. The summed E-state index contributed by atoms with van der Waals surface area (Å²) in [7, 11) is 1.51. The molecule has 0 bridgehead atoms. The molecule has 5 heteroatoms.